The van der Waals surface area contributed by atoms with E-state index in [0.717, 1.165) is 81.7 Å². The smallest absolute Gasteiger partial charge is 0.310 e. The fourth-order valence-corrected chi connectivity index (χ4v) is 9.15. The summed E-state index contributed by atoms with van der Waals surface area (Å²) in [5.74, 6) is 4.31. The number of carbonyl (C=O) groups excluding carboxylic acids is 2. The van der Waals surface area contributed by atoms with E-state index < -0.39 is 0 Å². The zero-order valence-electron chi connectivity index (χ0n) is 49.3. The van der Waals surface area contributed by atoms with Gasteiger partial charge in [-0.3, -0.25) is 9.59 Å². The minimum Gasteiger partial charge on any atom is -0.508 e. The highest BCUT2D eigenvalue weighted by Crippen LogP contribution is 2.63. The average Bonchev–Trinajstić information content (AvgIpc) is 4.35. The maximum atomic E-state index is 12.6. The van der Waals surface area contributed by atoms with Crippen molar-refractivity contribution in [2.24, 2.45) is 45.7 Å². The maximum Gasteiger partial charge on any atom is 0.310 e. The van der Waals surface area contributed by atoms with Crippen LogP contribution in [-0.2, 0) is 72.7 Å². The lowest BCUT2D eigenvalue weighted by atomic mass is 9.66. The van der Waals surface area contributed by atoms with Gasteiger partial charge in [-0.2, -0.15) is 0 Å². The van der Waals surface area contributed by atoms with Gasteiger partial charge in [0.05, 0.1) is 33.2 Å². The van der Waals surface area contributed by atoms with E-state index in [9.17, 15) is 24.9 Å². The lowest BCUT2D eigenvalue weighted by Gasteiger charge is -2.38. The third-order valence-corrected chi connectivity index (χ3v) is 20.4. The van der Waals surface area contributed by atoms with E-state index in [1.54, 1.807) is 63.8 Å². The van der Waals surface area contributed by atoms with Crippen LogP contribution in [0, 0.1) is 39.9 Å². The Bertz CT molecular complexity index is 2440. The third kappa shape index (κ3) is 28.2. The van der Waals surface area contributed by atoms with E-state index in [1.165, 1.54) is 64.8 Å². The van der Waals surface area contributed by atoms with Gasteiger partial charge in [-0.05, 0) is 194 Å². The van der Waals surface area contributed by atoms with Gasteiger partial charge in [0.25, 0.3) is 0 Å². The van der Waals surface area contributed by atoms with Gasteiger partial charge in [-0.25, -0.2) is 0 Å². The fourth-order valence-electron chi connectivity index (χ4n) is 9.15. The second-order valence-electron chi connectivity index (χ2n) is 21.7. The third-order valence-electron chi connectivity index (χ3n) is 15.0. The lowest BCUT2D eigenvalue weighted by Crippen LogP contribution is -2.29. The van der Waals surface area contributed by atoms with Gasteiger partial charge in [0.15, 0.2) is 0 Å². The van der Waals surface area contributed by atoms with Crippen LogP contribution in [-0.4, -0.2) is 68.8 Å². The summed E-state index contributed by atoms with van der Waals surface area (Å²) in [7, 11) is 9.78. The molecule has 0 aliphatic heterocycles. The number of esters is 2. The van der Waals surface area contributed by atoms with Crippen LogP contribution in [0.5, 0.6) is 34.5 Å². The molecule has 5 aliphatic carbocycles. The topological polar surface area (TPSA) is 167 Å². The number of hydrogen-bond acceptors (Lipinski definition) is 15. The molecule has 81 heavy (non-hydrogen) atoms. The average molecular weight is 1260 g/mol. The van der Waals surface area contributed by atoms with Crippen molar-refractivity contribution in [2.75, 3.05) is 41.6 Å². The molecule has 11 nitrogen and oxygen atoms in total. The summed E-state index contributed by atoms with van der Waals surface area (Å²) in [6, 6.07) is 16.6. The molecule has 5 fully saturated rings. The highest BCUT2D eigenvalue weighted by molar-refractivity contribution is 8.41. The molecule has 3 aromatic carbocycles. The number of carbonyl (C=O) groups is 2. The van der Waals surface area contributed by atoms with E-state index in [4.69, 9.17) is 23.7 Å². The van der Waals surface area contributed by atoms with Crippen LogP contribution in [0.15, 0.2) is 105 Å². The van der Waals surface area contributed by atoms with Crippen molar-refractivity contribution < 1.29 is 48.6 Å². The molecule has 4 atom stereocenters. The largest absolute Gasteiger partial charge is 0.508 e. The molecule has 19 heteroatoms. The van der Waals surface area contributed by atoms with Crippen molar-refractivity contribution in [3.63, 3.8) is 0 Å². The second-order valence-corrected chi connectivity index (χ2v) is 30.2. The summed E-state index contributed by atoms with van der Waals surface area (Å²) >= 11 is 17.6. The van der Waals surface area contributed by atoms with E-state index >= 15 is 0 Å². The Morgan fingerprint density at radius 1 is 0.630 bits per heavy atom. The van der Waals surface area contributed by atoms with Crippen LogP contribution in [0.4, 0.5) is 0 Å². The molecule has 8 rings (SSSR count). The highest BCUT2D eigenvalue weighted by atomic mass is 32.7. The minimum absolute atomic E-state index is 0.0209. The van der Waals surface area contributed by atoms with Crippen LogP contribution in [0.25, 0.3) is 0 Å². The van der Waals surface area contributed by atoms with Crippen LogP contribution >= 0.6 is 28.2 Å². The Hall–Kier alpha value is -3.60. The number of aromatic hydroxyl groups is 3. The molecule has 5 aliphatic rings. The lowest BCUT2D eigenvalue weighted by molar-refractivity contribution is -0.149. The van der Waals surface area contributed by atoms with Crippen LogP contribution < -0.4 is 19.9 Å². The molecule has 3 aromatic rings. The summed E-state index contributed by atoms with van der Waals surface area (Å²) in [6.07, 6.45) is 22.9. The molecule has 0 amide bonds. The Morgan fingerprint density at radius 2 is 1.05 bits per heavy atom. The highest BCUT2D eigenvalue weighted by Gasteiger charge is 2.52. The molecule has 5 saturated carbocycles. The number of nitrogens with two attached hydrogens (primary N) is 1. The molecule has 5 N–H and O–H groups in total. The number of hydrogen-bond donors (Lipinski definition) is 4. The van der Waals surface area contributed by atoms with Crippen molar-refractivity contribution >= 4 is 87.3 Å². The quantitative estimate of drug-likeness (QED) is 0.0402. The van der Waals surface area contributed by atoms with Crippen molar-refractivity contribution in [3.05, 3.63) is 122 Å². The monoisotopic (exact) mass is 1260 g/mol. The normalized spacial score (nSPS) is 17.3. The number of phenolic OH excluding ortho intramolecular Hbond substituents is 3. The van der Waals surface area contributed by atoms with Gasteiger partial charge in [0.1, 0.15) is 47.7 Å². The number of ether oxygens (including phenoxy) is 5. The SMILES string of the molecule is C=CCOC(=O)C(C)CC=C.C=CCOC(=O)C(CC=C)C(c1ccc(OC)cc1O)C1(C)CC1.CC1CC1.CN.COc1ccc(C(C2CCC2)C2(C)CC2)c(O)c1.COc1ccc(CC2(C)CC2)c(O)c1.S=PP=S.S=PP=S. The summed E-state index contributed by atoms with van der Waals surface area (Å²) in [5, 5.41) is 30.5. The van der Waals surface area contributed by atoms with Crippen molar-refractivity contribution in [2.45, 2.75) is 136 Å². The van der Waals surface area contributed by atoms with Crippen molar-refractivity contribution in [1.29, 1.82) is 0 Å². The molecule has 0 heterocycles. The number of benzene rings is 3. The van der Waals surface area contributed by atoms with E-state index in [-0.39, 0.29) is 47.5 Å². The molecule has 0 radical (unpaired) electrons. The standard InChI is InChI=1S/C20H26O4.C16H22O2.C12H16O2.C9H14O2.C4H8.CH5N.2P2S2/c1-5-7-16(19(22)24-12-6-2)18(20(3)10-11-20)15-9-8-14(23-4)13-17(15)21;1-16(8-9-16)15(11-4-3-5-11)13-7-6-12(18-2)10-14(13)17;1-12(5-6-12)8-9-3-4-10(14-2)7-11(9)13;1-4-6-8(3)9(10)11-7-5-2;1-4-2-3-4;1-2;2*3-1-2-4/h5-6,8-9,13,16,18,21H,1-2,7,10-12H2,3-4H3;6-7,10-11,15,17H,3-5,8-9H2,1-2H3;3-4,7,13H,5-6,8H2,1-2H3;4-5,8H,1-2,6-7H2,3H3;4H,2-3H2,1H3;2H2,1H3;;. The Labute approximate surface area is 512 Å². The first-order valence-electron chi connectivity index (χ1n) is 27.4. The number of allylic oxidation sites excluding steroid dienone is 2. The molecule has 0 spiro atoms. The van der Waals surface area contributed by atoms with E-state index in [1.807, 2.05) is 37.3 Å². The Morgan fingerprint density at radius 3 is 1.38 bits per heavy atom. The van der Waals surface area contributed by atoms with Gasteiger partial charge in [0.2, 0.25) is 0 Å². The van der Waals surface area contributed by atoms with E-state index in [2.05, 4.69) is 113 Å². The van der Waals surface area contributed by atoms with Crippen LogP contribution in [0.1, 0.15) is 147 Å². The van der Waals surface area contributed by atoms with Crippen molar-refractivity contribution in [1.82, 2.24) is 0 Å². The van der Waals surface area contributed by atoms with Crippen LogP contribution in [0.2, 0.25) is 0 Å². The van der Waals surface area contributed by atoms with Crippen molar-refractivity contribution in [3.8, 4) is 34.5 Å². The predicted molar refractivity (Wildman–Crippen MR) is 353 cm³/mol. The van der Waals surface area contributed by atoms with Gasteiger partial charge in [0, 0.05) is 52.3 Å². The van der Waals surface area contributed by atoms with Gasteiger partial charge < -0.3 is 44.7 Å². The molecule has 0 aromatic heterocycles. The Kier molecular flexibility index (Phi) is 37.8. The van der Waals surface area contributed by atoms with Gasteiger partial charge in [-0.15, -0.1) is 13.2 Å². The molecular formula is C62H91NO10P4S4. The van der Waals surface area contributed by atoms with Gasteiger partial charge in [-0.1, -0.05) is 110 Å². The second kappa shape index (κ2) is 40.6. The first kappa shape index (κ1) is 75.4. The fraction of sp³-hybridized carbons (Fsp3) is 0.548. The Balaban J connectivity index is 0.000000512. The summed E-state index contributed by atoms with van der Waals surface area (Å²) in [6.45, 7) is 25.7. The first-order valence-corrected chi connectivity index (χ1v) is 36.5. The molecular weight excluding hydrogens is 1170 g/mol. The predicted octanol–water partition coefficient (Wildman–Crippen LogP) is 17.4. The summed E-state index contributed by atoms with van der Waals surface area (Å²) < 4.78 is 25.5. The molecule has 4 unspecified atom stereocenters. The number of phenols is 3. The zero-order valence-corrected chi connectivity index (χ0v) is 56.2. The van der Waals surface area contributed by atoms with E-state index in [0.29, 0.717) is 59.2 Å². The zero-order chi connectivity index (χ0) is 61.2. The molecule has 448 valence electrons. The maximum absolute atomic E-state index is 12.6. The summed E-state index contributed by atoms with van der Waals surface area (Å²) in [4.78, 5) is 23.6. The van der Waals surface area contributed by atoms with Crippen LogP contribution in [0.3, 0.4) is 0 Å². The number of rotatable bonds is 23. The molecule has 0 saturated heterocycles. The first-order chi connectivity index (χ1) is 38.7. The summed E-state index contributed by atoms with van der Waals surface area (Å²) in [5.41, 5.74) is 8.28. The minimum atomic E-state index is -0.380. The van der Waals surface area contributed by atoms with Gasteiger partial charge >= 0.3 is 11.9 Å². The number of methoxy groups -OCH3 is 3. The molecule has 0 bridgehead atoms.